The smallest absolute Gasteiger partial charge is 0.238 e. The van der Waals surface area contributed by atoms with Gasteiger partial charge in [-0.05, 0) is 94.0 Å². The Labute approximate surface area is 361 Å². The van der Waals surface area contributed by atoms with Gasteiger partial charge in [-0.3, -0.25) is 4.57 Å². The molecule has 9 aromatic carbocycles. The van der Waals surface area contributed by atoms with E-state index < -0.39 is 0 Å². The Bertz CT molecular complexity index is 3850. The van der Waals surface area contributed by atoms with Gasteiger partial charge in [-0.15, -0.1) is 0 Å². The molecular formula is C57H34N4O2. The second-order valence-corrected chi connectivity index (χ2v) is 16.0. The molecule has 294 valence electrons. The lowest BCUT2D eigenvalue weighted by molar-refractivity contribution is 0.668. The van der Waals surface area contributed by atoms with E-state index in [2.05, 4.69) is 174 Å². The van der Waals surface area contributed by atoms with Crippen molar-refractivity contribution >= 4 is 65.7 Å². The number of furan rings is 2. The van der Waals surface area contributed by atoms with Gasteiger partial charge in [0.2, 0.25) is 5.95 Å². The predicted molar refractivity (Wildman–Crippen MR) is 256 cm³/mol. The van der Waals surface area contributed by atoms with E-state index in [9.17, 15) is 0 Å². The van der Waals surface area contributed by atoms with E-state index in [1.165, 1.54) is 0 Å². The van der Waals surface area contributed by atoms with E-state index in [0.29, 0.717) is 17.6 Å². The average molecular weight is 807 g/mol. The molecule has 0 aliphatic rings. The first-order valence-corrected chi connectivity index (χ1v) is 21.1. The van der Waals surface area contributed by atoms with Crippen molar-refractivity contribution < 1.29 is 8.83 Å². The zero-order chi connectivity index (χ0) is 41.4. The van der Waals surface area contributed by atoms with Crippen molar-refractivity contribution in [3.63, 3.8) is 0 Å². The molecule has 0 amide bonds. The Balaban J connectivity index is 1.10. The van der Waals surface area contributed by atoms with Gasteiger partial charge >= 0.3 is 0 Å². The van der Waals surface area contributed by atoms with Crippen LogP contribution in [-0.4, -0.2) is 19.5 Å². The van der Waals surface area contributed by atoms with Crippen molar-refractivity contribution in [1.29, 1.82) is 0 Å². The van der Waals surface area contributed by atoms with Crippen molar-refractivity contribution in [2.24, 2.45) is 0 Å². The molecule has 0 fully saturated rings. The molecule has 0 bridgehead atoms. The summed E-state index contributed by atoms with van der Waals surface area (Å²) in [6.45, 7) is 0. The normalized spacial score (nSPS) is 11.8. The number of nitrogens with zero attached hydrogens (tertiary/aromatic N) is 4. The molecule has 0 aliphatic heterocycles. The van der Waals surface area contributed by atoms with Crippen LogP contribution in [0.4, 0.5) is 0 Å². The molecule has 0 N–H and O–H groups in total. The Hall–Kier alpha value is -8.61. The molecular weight excluding hydrogens is 773 g/mol. The zero-order valence-electron chi connectivity index (χ0n) is 33.7. The molecule has 13 rings (SSSR count). The van der Waals surface area contributed by atoms with Gasteiger partial charge in [-0.1, -0.05) is 146 Å². The number of hydrogen-bond donors (Lipinski definition) is 0. The fourth-order valence-corrected chi connectivity index (χ4v) is 9.37. The third kappa shape index (κ3) is 5.69. The third-order valence-corrected chi connectivity index (χ3v) is 12.2. The van der Waals surface area contributed by atoms with E-state index in [1.54, 1.807) is 0 Å². The van der Waals surface area contributed by atoms with E-state index >= 15 is 0 Å². The summed E-state index contributed by atoms with van der Waals surface area (Å²) in [6.07, 6.45) is 0. The Morgan fingerprint density at radius 3 is 1.62 bits per heavy atom. The van der Waals surface area contributed by atoms with E-state index in [-0.39, 0.29) is 0 Å². The highest BCUT2D eigenvalue weighted by Crippen LogP contribution is 2.42. The molecule has 0 unspecified atom stereocenters. The summed E-state index contributed by atoms with van der Waals surface area (Å²) in [6, 6.07) is 71.5. The van der Waals surface area contributed by atoms with Gasteiger partial charge in [0.05, 0.1) is 16.4 Å². The summed E-state index contributed by atoms with van der Waals surface area (Å²) in [7, 11) is 0. The Kier molecular flexibility index (Phi) is 7.80. The van der Waals surface area contributed by atoms with Crippen LogP contribution in [-0.2, 0) is 0 Å². The van der Waals surface area contributed by atoms with Crippen LogP contribution in [0.15, 0.2) is 215 Å². The van der Waals surface area contributed by atoms with E-state index in [1.807, 2.05) is 36.4 Å². The van der Waals surface area contributed by atoms with Crippen molar-refractivity contribution in [2.75, 3.05) is 0 Å². The molecule has 4 aromatic heterocycles. The SMILES string of the molecule is c1ccc(-c2cc(-c3ccccc3)cc(-c3nc(-c4ccc5c(c4)oc4cccc(-c6ccccc6)c45)nc(-n4c5ccccc5c5ccc6oc7ccccc7c6c54)n3)c2)cc1. The molecule has 63 heavy (non-hydrogen) atoms. The average Bonchev–Trinajstić information content (AvgIpc) is 4.04. The number of hydrogen-bond acceptors (Lipinski definition) is 5. The maximum absolute atomic E-state index is 6.63. The molecule has 4 heterocycles. The number of aromatic nitrogens is 4. The monoisotopic (exact) mass is 806 g/mol. The lowest BCUT2D eigenvalue weighted by Crippen LogP contribution is -2.06. The molecule has 0 saturated heterocycles. The minimum atomic E-state index is 0.501. The standard InChI is InChI=1S/C57H34N4O2/c1-4-15-35(16-5-1)39-31-40(36-17-6-2-7-18-36)33-41(32-39)56-58-55(38-27-28-46-51(34-38)63-49-26-14-23-42(52(46)49)37-19-8-3-9-20-37)59-57(60-56)61-47-24-12-10-21-43(47)44-29-30-50-53(54(44)61)45-22-11-13-25-48(45)62-50/h1-34H. The minimum Gasteiger partial charge on any atom is -0.456 e. The van der Waals surface area contributed by atoms with Crippen LogP contribution in [0.1, 0.15) is 0 Å². The van der Waals surface area contributed by atoms with Crippen molar-refractivity contribution in [1.82, 2.24) is 19.5 Å². The molecule has 0 aliphatic carbocycles. The van der Waals surface area contributed by atoms with Crippen molar-refractivity contribution in [3.8, 4) is 62.1 Å². The fourth-order valence-electron chi connectivity index (χ4n) is 9.37. The second kappa shape index (κ2) is 14.0. The summed E-state index contributed by atoms with van der Waals surface area (Å²) in [5.74, 6) is 1.58. The number of fused-ring (bicyclic) bond motifs is 10. The van der Waals surface area contributed by atoms with Gasteiger partial charge < -0.3 is 8.83 Å². The first-order valence-electron chi connectivity index (χ1n) is 21.1. The summed E-state index contributed by atoms with van der Waals surface area (Å²) in [4.78, 5) is 16.2. The predicted octanol–water partition coefficient (Wildman–Crippen LogP) is 15.1. The van der Waals surface area contributed by atoms with Gasteiger partial charge in [0.25, 0.3) is 0 Å². The topological polar surface area (TPSA) is 69.9 Å². The summed E-state index contributed by atoms with van der Waals surface area (Å²) < 4.78 is 15.3. The van der Waals surface area contributed by atoms with E-state index in [4.69, 9.17) is 23.8 Å². The first-order chi connectivity index (χ1) is 31.2. The molecule has 0 radical (unpaired) electrons. The second-order valence-electron chi connectivity index (χ2n) is 16.0. The van der Waals surface area contributed by atoms with Crippen LogP contribution in [0.3, 0.4) is 0 Å². The molecule has 0 spiro atoms. The Morgan fingerprint density at radius 1 is 0.317 bits per heavy atom. The van der Waals surface area contributed by atoms with Gasteiger partial charge in [-0.25, -0.2) is 4.98 Å². The van der Waals surface area contributed by atoms with Crippen LogP contribution >= 0.6 is 0 Å². The van der Waals surface area contributed by atoms with Crippen LogP contribution in [0, 0.1) is 0 Å². The lowest BCUT2D eigenvalue weighted by Gasteiger charge is -2.13. The number of para-hydroxylation sites is 2. The summed E-state index contributed by atoms with van der Waals surface area (Å²) >= 11 is 0. The maximum atomic E-state index is 6.63. The van der Waals surface area contributed by atoms with E-state index in [0.717, 1.165) is 110 Å². The van der Waals surface area contributed by atoms with Gasteiger partial charge in [0.1, 0.15) is 22.3 Å². The van der Waals surface area contributed by atoms with Gasteiger partial charge in [-0.2, -0.15) is 9.97 Å². The number of rotatable bonds is 6. The summed E-state index contributed by atoms with van der Waals surface area (Å²) in [5, 5.41) is 6.34. The van der Waals surface area contributed by atoms with Crippen molar-refractivity contribution in [3.05, 3.63) is 206 Å². The lowest BCUT2D eigenvalue weighted by atomic mass is 9.96. The molecule has 0 saturated carbocycles. The largest absolute Gasteiger partial charge is 0.456 e. The molecule has 6 nitrogen and oxygen atoms in total. The number of benzene rings is 9. The van der Waals surface area contributed by atoms with Crippen LogP contribution in [0.25, 0.3) is 128 Å². The van der Waals surface area contributed by atoms with Gasteiger partial charge in [0, 0.05) is 38.1 Å². The highest BCUT2D eigenvalue weighted by Gasteiger charge is 2.23. The van der Waals surface area contributed by atoms with Crippen LogP contribution < -0.4 is 0 Å². The Morgan fingerprint density at radius 2 is 0.873 bits per heavy atom. The summed E-state index contributed by atoms with van der Waals surface area (Å²) in [5.41, 5.74) is 13.5. The van der Waals surface area contributed by atoms with Gasteiger partial charge in [0.15, 0.2) is 11.6 Å². The van der Waals surface area contributed by atoms with Crippen molar-refractivity contribution in [2.45, 2.75) is 0 Å². The highest BCUT2D eigenvalue weighted by molar-refractivity contribution is 6.24. The van der Waals surface area contributed by atoms with Crippen LogP contribution in [0.2, 0.25) is 0 Å². The first kappa shape index (κ1) is 35.2. The highest BCUT2D eigenvalue weighted by atomic mass is 16.3. The molecule has 13 aromatic rings. The molecule has 6 heteroatoms. The minimum absolute atomic E-state index is 0.501. The van der Waals surface area contributed by atoms with Crippen LogP contribution in [0.5, 0.6) is 0 Å². The zero-order valence-corrected chi connectivity index (χ0v) is 33.7. The molecule has 0 atom stereocenters. The maximum Gasteiger partial charge on any atom is 0.238 e. The fraction of sp³-hybridized carbons (Fsp3) is 0. The third-order valence-electron chi connectivity index (χ3n) is 12.2. The quantitative estimate of drug-likeness (QED) is 0.167.